The van der Waals surface area contributed by atoms with Crippen LogP contribution in [-0.2, 0) is 16.0 Å². The minimum atomic E-state index is 0.201. The van der Waals surface area contributed by atoms with Gasteiger partial charge in [-0.1, -0.05) is 25.0 Å². The molecule has 0 radical (unpaired) electrons. The smallest absolute Gasteiger partial charge is 0.227 e. The number of benzene rings is 1. The molecule has 4 nitrogen and oxygen atoms in total. The first-order valence-electron chi connectivity index (χ1n) is 8.88. The Labute approximate surface area is 138 Å². The number of nitrogens with zero attached hydrogens (tertiary/aromatic N) is 2. The van der Waals surface area contributed by atoms with Gasteiger partial charge in [-0.25, -0.2) is 0 Å². The standard InChI is InChI=1S/C19H26N2O2/c1-2-20(16-6-3-4-7-16)19(23)14-15-9-11-17(12-10-15)21-13-5-8-18(21)22/h9-12,16H,2-8,13-14H2,1H3. The van der Waals surface area contributed by atoms with E-state index in [-0.39, 0.29) is 11.8 Å². The predicted octanol–water partition coefficient (Wildman–Crippen LogP) is 3.15. The van der Waals surface area contributed by atoms with E-state index in [9.17, 15) is 9.59 Å². The van der Waals surface area contributed by atoms with Gasteiger partial charge in [-0.15, -0.1) is 0 Å². The van der Waals surface area contributed by atoms with Crippen molar-refractivity contribution in [2.24, 2.45) is 0 Å². The Kier molecular flexibility index (Phi) is 4.99. The fourth-order valence-electron chi connectivity index (χ4n) is 3.85. The molecule has 124 valence electrons. The van der Waals surface area contributed by atoms with Gasteiger partial charge >= 0.3 is 0 Å². The summed E-state index contributed by atoms with van der Waals surface area (Å²) in [6, 6.07) is 8.35. The van der Waals surface area contributed by atoms with Crippen LogP contribution in [-0.4, -0.2) is 35.8 Å². The van der Waals surface area contributed by atoms with Gasteiger partial charge in [0.1, 0.15) is 0 Å². The molecule has 1 aliphatic carbocycles. The van der Waals surface area contributed by atoms with Crippen LogP contribution in [0.3, 0.4) is 0 Å². The van der Waals surface area contributed by atoms with Crippen LogP contribution in [0.15, 0.2) is 24.3 Å². The van der Waals surface area contributed by atoms with Crippen molar-refractivity contribution in [1.82, 2.24) is 4.90 Å². The number of rotatable bonds is 5. The van der Waals surface area contributed by atoms with Gasteiger partial charge in [-0.3, -0.25) is 9.59 Å². The van der Waals surface area contributed by atoms with Crippen molar-refractivity contribution in [1.29, 1.82) is 0 Å². The Morgan fingerprint density at radius 1 is 1.17 bits per heavy atom. The highest BCUT2D eigenvalue weighted by Gasteiger charge is 2.25. The van der Waals surface area contributed by atoms with Gasteiger partial charge in [-0.2, -0.15) is 0 Å². The normalized spacial score (nSPS) is 18.7. The Hall–Kier alpha value is -1.84. The van der Waals surface area contributed by atoms with Gasteiger partial charge in [0.15, 0.2) is 0 Å². The van der Waals surface area contributed by atoms with Crippen molar-refractivity contribution in [3.63, 3.8) is 0 Å². The molecule has 1 aromatic rings. The van der Waals surface area contributed by atoms with E-state index < -0.39 is 0 Å². The second-order valence-corrected chi connectivity index (χ2v) is 6.61. The lowest BCUT2D eigenvalue weighted by Gasteiger charge is -2.28. The van der Waals surface area contributed by atoms with E-state index >= 15 is 0 Å². The summed E-state index contributed by atoms with van der Waals surface area (Å²) < 4.78 is 0. The third kappa shape index (κ3) is 3.57. The summed E-state index contributed by atoms with van der Waals surface area (Å²) >= 11 is 0. The van der Waals surface area contributed by atoms with Gasteiger partial charge in [0.2, 0.25) is 11.8 Å². The molecular formula is C19H26N2O2. The number of hydrogen-bond donors (Lipinski definition) is 0. The molecule has 1 aromatic carbocycles. The third-order valence-electron chi connectivity index (χ3n) is 5.10. The number of hydrogen-bond acceptors (Lipinski definition) is 2. The van der Waals surface area contributed by atoms with Crippen LogP contribution >= 0.6 is 0 Å². The molecule has 0 unspecified atom stereocenters. The van der Waals surface area contributed by atoms with Crippen LogP contribution in [0.5, 0.6) is 0 Å². The lowest BCUT2D eigenvalue weighted by Crippen LogP contribution is -2.39. The van der Waals surface area contributed by atoms with Crippen LogP contribution in [0, 0.1) is 0 Å². The number of carbonyl (C=O) groups is 2. The number of anilines is 1. The fourth-order valence-corrected chi connectivity index (χ4v) is 3.85. The average Bonchev–Trinajstić information content (AvgIpc) is 3.21. The molecule has 1 heterocycles. The maximum atomic E-state index is 12.6. The van der Waals surface area contributed by atoms with E-state index in [1.165, 1.54) is 12.8 Å². The Morgan fingerprint density at radius 3 is 2.43 bits per heavy atom. The second kappa shape index (κ2) is 7.16. The molecule has 2 fully saturated rings. The van der Waals surface area contributed by atoms with Crippen LogP contribution in [0.25, 0.3) is 0 Å². The van der Waals surface area contributed by atoms with Crippen molar-refractivity contribution in [2.45, 2.75) is 57.9 Å². The molecule has 2 aliphatic rings. The zero-order valence-electron chi connectivity index (χ0n) is 14.0. The maximum absolute atomic E-state index is 12.6. The number of carbonyl (C=O) groups excluding carboxylic acids is 2. The fraction of sp³-hybridized carbons (Fsp3) is 0.579. The molecule has 0 atom stereocenters. The number of amides is 2. The largest absolute Gasteiger partial charge is 0.340 e. The first-order valence-corrected chi connectivity index (χ1v) is 8.88. The van der Waals surface area contributed by atoms with Crippen molar-refractivity contribution in [3.8, 4) is 0 Å². The summed E-state index contributed by atoms with van der Waals surface area (Å²) in [5.74, 6) is 0.427. The molecule has 2 amide bonds. The first-order chi connectivity index (χ1) is 11.2. The van der Waals surface area contributed by atoms with Gasteiger partial charge in [0, 0.05) is 31.2 Å². The van der Waals surface area contributed by atoms with E-state index in [4.69, 9.17) is 0 Å². The molecular weight excluding hydrogens is 288 g/mol. The average molecular weight is 314 g/mol. The molecule has 3 rings (SSSR count). The third-order valence-corrected chi connectivity index (χ3v) is 5.10. The molecule has 1 saturated heterocycles. The van der Waals surface area contributed by atoms with E-state index in [1.54, 1.807) is 0 Å². The summed E-state index contributed by atoms with van der Waals surface area (Å²) in [5, 5.41) is 0. The zero-order chi connectivity index (χ0) is 16.2. The summed E-state index contributed by atoms with van der Waals surface area (Å²) in [6.07, 6.45) is 6.82. The summed E-state index contributed by atoms with van der Waals surface area (Å²) in [6.45, 7) is 3.67. The van der Waals surface area contributed by atoms with Crippen LogP contribution in [0.1, 0.15) is 51.0 Å². The Balaban J connectivity index is 1.63. The molecule has 1 saturated carbocycles. The molecule has 0 bridgehead atoms. The highest BCUT2D eigenvalue weighted by Crippen LogP contribution is 2.25. The lowest BCUT2D eigenvalue weighted by molar-refractivity contribution is -0.132. The monoisotopic (exact) mass is 314 g/mol. The number of likely N-dealkylation sites (N-methyl/N-ethyl adjacent to an activating group) is 1. The summed E-state index contributed by atoms with van der Waals surface area (Å²) in [5.41, 5.74) is 1.98. The molecule has 1 aliphatic heterocycles. The SMILES string of the molecule is CCN(C(=O)Cc1ccc(N2CCCC2=O)cc1)C1CCCC1. The van der Waals surface area contributed by atoms with Gasteiger partial charge in [0.25, 0.3) is 0 Å². The zero-order valence-corrected chi connectivity index (χ0v) is 14.0. The van der Waals surface area contributed by atoms with E-state index in [2.05, 4.69) is 6.92 Å². The Morgan fingerprint density at radius 2 is 1.87 bits per heavy atom. The van der Waals surface area contributed by atoms with Crippen molar-refractivity contribution in [3.05, 3.63) is 29.8 Å². The molecule has 0 spiro atoms. The van der Waals surface area contributed by atoms with Crippen molar-refractivity contribution >= 4 is 17.5 Å². The van der Waals surface area contributed by atoms with Crippen LogP contribution < -0.4 is 4.90 Å². The van der Waals surface area contributed by atoms with E-state index in [1.807, 2.05) is 34.1 Å². The first kappa shape index (κ1) is 16.0. The van der Waals surface area contributed by atoms with E-state index in [0.29, 0.717) is 18.9 Å². The second-order valence-electron chi connectivity index (χ2n) is 6.61. The maximum Gasteiger partial charge on any atom is 0.227 e. The molecule has 0 N–H and O–H groups in total. The van der Waals surface area contributed by atoms with Gasteiger partial charge in [0.05, 0.1) is 6.42 Å². The minimum Gasteiger partial charge on any atom is -0.340 e. The van der Waals surface area contributed by atoms with Crippen molar-refractivity contribution < 1.29 is 9.59 Å². The molecule has 23 heavy (non-hydrogen) atoms. The van der Waals surface area contributed by atoms with Crippen LogP contribution in [0.4, 0.5) is 5.69 Å². The molecule has 4 heteroatoms. The Bertz CT molecular complexity index is 561. The summed E-state index contributed by atoms with van der Waals surface area (Å²) in [4.78, 5) is 28.2. The molecule has 0 aromatic heterocycles. The highest BCUT2D eigenvalue weighted by molar-refractivity contribution is 5.95. The summed E-state index contributed by atoms with van der Waals surface area (Å²) in [7, 11) is 0. The topological polar surface area (TPSA) is 40.6 Å². The lowest BCUT2D eigenvalue weighted by atomic mass is 10.1. The van der Waals surface area contributed by atoms with Gasteiger partial charge in [-0.05, 0) is 43.9 Å². The predicted molar refractivity (Wildman–Crippen MR) is 91.4 cm³/mol. The minimum absolute atomic E-state index is 0.201. The quantitative estimate of drug-likeness (QED) is 0.837. The van der Waals surface area contributed by atoms with Crippen molar-refractivity contribution in [2.75, 3.05) is 18.0 Å². The van der Waals surface area contributed by atoms with Crippen LogP contribution in [0.2, 0.25) is 0 Å². The van der Waals surface area contributed by atoms with E-state index in [0.717, 1.165) is 43.6 Å². The highest BCUT2D eigenvalue weighted by atomic mass is 16.2. The van der Waals surface area contributed by atoms with Gasteiger partial charge < -0.3 is 9.80 Å².